The van der Waals surface area contributed by atoms with Gasteiger partial charge < -0.3 is 14.3 Å². The Morgan fingerprint density at radius 3 is 1.45 bits per heavy atom. The minimum Gasteiger partial charge on any atom is -0.481 e. The van der Waals surface area contributed by atoms with Gasteiger partial charge in [-0.3, -0.25) is 4.79 Å². The topological polar surface area (TPSA) is 46.5 Å². The zero-order chi connectivity index (χ0) is 21.8. The van der Waals surface area contributed by atoms with Crippen LogP contribution in [0.2, 0.25) is 0 Å². The molecule has 1 N–H and O–H groups in total. The highest BCUT2D eigenvalue weighted by molar-refractivity contribution is 5.67. The highest BCUT2D eigenvalue weighted by Gasteiger charge is 2.21. The Morgan fingerprint density at radius 2 is 1.10 bits per heavy atom. The number of ether oxygens (including phenoxy) is 1. The largest absolute Gasteiger partial charge is 0.481 e. The summed E-state index contributed by atoms with van der Waals surface area (Å²) in [7, 11) is 6.23. The van der Waals surface area contributed by atoms with Crippen LogP contribution < -0.4 is 0 Å². The van der Waals surface area contributed by atoms with E-state index in [4.69, 9.17) is 9.84 Å². The number of carbonyl (C=O) groups is 1. The second kappa shape index (κ2) is 19.4. The third-order valence-corrected chi connectivity index (χ3v) is 5.51. The van der Waals surface area contributed by atoms with Gasteiger partial charge in [-0.15, -0.1) is 0 Å². The molecule has 0 radical (unpaired) electrons. The number of carboxylic acids is 1. The number of hydrogen-bond donors (Lipinski definition) is 1. The van der Waals surface area contributed by atoms with Gasteiger partial charge in [-0.1, -0.05) is 103 Å². The number of rotatable bonds is 22. The molecule has 29 heavy (non-hydrogen) atoms. The molecule has 0 spiro atoms. The number of carboxylic acid groups (broad SMARTS) is 1. The molecule has 0 aliphatic heterocycles. The molecule has 174 valence electrons. The molecule has 0 aromatic rings. The normalized spacial score (nSPS) is 13.0. The van der Waals surface area contributed by atoms with E-state index in [1.54, 1.807) is 0 Å². The van der Waals surface area contributed by atoms with Crippen LogP contribution >= 0.6 is 0 Å². The zero-order valence-electron chi connectivity index (χ0n) is 20.2. The molecule has 0 saturated carbocycles. The molecule has 0 fully saturated rings. The Bertz CT molecular complexity index is 366. The summed E-state index contributed by atoms with van der Waals surface area (Å²) in [4.78, 5) is 11.0. The van der Waals surface area contributed by atoms with Gasteiger partial charge in [-0.05, 0) is 6.42 Å². The number of likely N-dealkylation sites (N-methyl/N-ethyl adjacent to an activating group) is 1. The summed E-state index contributed by atoms with van der Waals surface area (Å²) < 4.78 is 6.58. The molecule has 0 aliphatic rings. The molecule has 0 aromatic carbocycles. The van der Waals surface area contributed by atoms with Crippen molar-refractivity contribution in [3.8, 4) is 0 Å². The molecule has 0 amide bonds. The Balaban J connectivity index is 3.38. The van der Waals surface area contributed by atoms with Crippen molar-refractivity contribution in [2.45, 2.75) is 122 Å². The number of aliphatic carboxylic acids is 1. The van der Waals surface area contributed by atoms with E-state index >= 15 is 0 Å². The summed E-state index contributed by atoms with van der Waals surface area (Å²) in [5.41, 5.74) is 0. The molecule has 0 saturated heterocycles. The fraction of sp³-hybridized carbons (Fsp3) is 0.960. The average Bonchev–Trinajstić information content (AvgIpc) is 2.62. The lowest BCUT2D eigenvalue weighted by atomic mass is 10.0. The minimum absolute atomic E-state index is 0.106. The molecule has 4 heteroatoms. The van der Waals surface area contributed by atoms with Crippen molar-refractivity contribution in [2.75, 3.05) is 34.3 Å². The Kier molecular flexibility index (Phi) is 19.0. The first-order valence-electron chi connectivity index (χ1n) is 12.5. The van der Waals surface area contributed by atoms with Gasteiger partial charge in [0, 0.05) is 6.61 Å². The van der Waals surface area contributed by atoms with E-state index in [1.165, 1.54) is 96.3 Å². The zero-order valence-corrected chi connectivity index (χ0v) is 20.2. The molecule has 0 aliphatic carbocycles. The van der Waals surface area contributed by atoms with Crippen LogP contribution in [-0.4, -0.2) is 56.0 Å². The van der Waals surface area contributed by atoms with Crippen molar-refractivity contribution in [1.82, 2.24) is 0 Å². The fourth-order valence-corrected chi connectivity index (χ4v) is 3.88. The Hall–Kier alpha value is -0.610. The van der Waals surface area contributed by atoms with Crippen LogP contribution in [0.25, 0.3) is 0 Å². The van der Waals surface area contributed by atoms with E-state index in [9.17, 15) is 4.79 Å². The van der Waals surface area contributed by atoms with Crippen molar-refractivity contribution in [3.05, 3.63) is 0 Å². The molecular weight excluding hydrogens is 362 g/mol. The van der Waals surface area contributed by atoms with Gasteiger partial charge >= 0.3 is 5.97 Å². The van der Waals surface area contributed by atoms with Crippen molar-refractivity contribution in [3.63, 3.8) is 0 Å². The monoisotopic (exact) mass is 414 g/mol. The average molecular weight is 415 g/mol. The van der Waals surface area contributed by atoms with Crippen LogP contribution in [0, 0.1) is 0 Å². The molecular formula is C25H52NO3+. The molecule has 4 nitrogen and oxygen atoms in total. The molecule has 0 aromatic heterocycles. The van der Waals surface area contributed by atoms with Crippen LogP contribution in [-0.2, 0) is 9.53 Å². The van der Waals surface area contributed by atoms with Crippen molar-refractivity contribution in [2.24, 2.45) is 0 Å². The lowest BCUT2D eigenvalue weighted by Crippen LogP contribution is -2.43. The van der Waals surface area contributed by atoms with Crippen molar-refractivity contribution < 1.29 is 19.1 Å². The van der Waals surface area contributed by atoms with E-state index in [-0.39, 0.29) is 12.5 Å². The van der Waals surface area contributed by atoms with Crippen molar-refractivity contribution in [1.29, 1.82) is 0 Å². The number of nitrogens with zero attached hydrogens (tertiary/aromatic N) is 1. The van der Waals surface area contributed by atoms with E-state index < -0.39 is 5.97 Å². The van der Waals surface area contributed by atoms with Gasteiger partial charge in [0.2, 0.25) is 0 Å². The minimum atomic E-state index is -0.768. The molecule has 1 atom stereocenters. The highest BCUT2D eigenvalue weighted by atomic mass is 16.5. The van der Waals surface area contributed by atoms with Crippen LogP contribution in [0.4, 0.5) is 0 Å². The lowest BCUT2D eigenvalue weighted by Gasteiger charge is -2.28. The van der Waals surface area contributed by atoms with Crippen LogP contribution in [0.5, 0.6) is 0 Å². The van der Waals surface area contributed by atoms with Crippen LogP contribution in [0.15, 0.2) is 0 Å². The van der Waals surface area contributed by atoms with Crippen LogP contribution in [0.1, 0.15) is 116 Å². The standard InChI is InChI=1S/C25H51NO3/c1-5-6-7-8-9-10-11-12-13-14-15-16-17-18-19-20-21-29-24(22-25(27)28)23-26(2,3)4/h24H,5-23H2,1-4H3/p+1. The predicted octanol–water partition coefficient (Wildman–Crippen LogP) is 6.81. The van der Waals surface area contributed by atoms with Gasteiger partial charge in [-0.2, -0.15) is 0 Å². The van der Waals surface area contributed by atoms with Gasteiger partial charge in [0.25, 0.3) is 0 Å². The Labute approximate surface area is 182 Å². The summed E-state index contributed by atoms with van der Waals surface area (Å²) in [6.07, 6.45) is 21.7. The SMILES string of the molecule is CCCCCCCCCCCCCCCCCCOC(CC(=O)O)C[N+](C)(C)C. The number of hydrogen-bond acceptors (Lipinski definition) is 2. The quantitative estimate of drug-likeness (QED) is 0.156. The summed E-state index contributed by atoms with van der Waals surface area (Å²) in [5, 5.41) is 9.04. The third-order valence-electron chi connectivity index (χ3n) is 5.51. The fourth-order valence-electron chi connectivity index (χ4n) is 3.88. The van der Waals surface area contributed by atoms with Gasteiger partial charge in [-0.25, -0.2) is 0 Å². The van der Waals surface area contributed by atoms with Gasteiger partial charge in [0.1, 0.15) is 12.6 Å². The first-order valence-corrected chi connectivity index (χ1v) is 12.5. The maximum Gasteiger partial charge on any atom is 0.306 e. The van der Waals surface area contributed by atoms with E-state index in [1.807, 2.05) is 0 Å². The molecule has 0 rings (SSSR count). The van der Waals surface area contributed by atoms with E-state index in [0.29, 0.717) is 6.61 Å². The van der Waals surface area contributed by atoms with E-state index in [2.05, 4.69) is 28.1 Å². The first kappa shape index (κ1) is 28.4. The molecule has 1 unspecified atom stereocenters. The second-order valence-corrected chi connectivity index (χ2v) is 9.87. The number of quaternary nitrogens is 1. The summed E-state index contributed by atoms with van der Waals surface area (Å²) in [6.45, 7) is 3.71. The second-order valence-electron chi connectivity index (χ2n) is 9.87. The summed E-state index contributed by atoms with van der Waals surface area (Å²) >= 11 is 0. The van der Waals surface area contributed by atoms with Crippen molar-refractivity contribution >= 4 is 5.97 Å². The predicted molar refractivity (Wildman–Crippen MR) is 124 cm³/mol. The molecule has 0 bridgehead atoms. The maximum absolute atomic E-state index is 11.0. The number of unbranched alkanes of at least 4 members (excludes halogenated alkanes) is 15. The van der Waals surface area contributed by atoms with Gasteiger partial charge in [0.05, 0.1) is 27.6 Å². The third kappa shape index (κ3) is 23.5. The van der Waals surface area contributed by atoms with Gasteiger partial charge in [0.15, 0.2) is 0 Å². The lowest BCUT2D eigenvalue weighted by molar-refractivity contribution is -0.873. The first-order chi connectivity index (χ1) is 13.8. The molecule has 0 heterocycles. The smallest absolute Gasteiger partial charge is 0.306 e. The van der Waals surface area contributed by atoms with E-state index in [0.717, 1.165) is 17.4 Å². The summed E-state index contributed by atoms with van der Waals surface area (Å²) in [5.74, 6) is -0.768. The summed E-state index contributed by atoms with van der Waals surface area (Å²) in [6, 6.07) is 0. The highest BCUT2D eigenvalue weighted by Crippen LogP contribution is 2.14. The Morgan fingerprint density at radius 1 is 0.724 bits per heavy atom. The maximum atomic E-state index is 11.0. The van der Waals surface area contributed by atoms with Crippen LogP contribution in [0.3, 0.4) is 0 Å².